The number of alkyl halides is 1. The second-order valence-electron chi connectivity index (χ2n) is 10.2. The number of rotatable bonds is 7. The third-order valence-electron chi connectivity index (χ3n) is 7.56. The highest BCUT2D eigenvalue weighted by atomic mass is 35.5. The zero-order chi connectivity index (χ0) is 27.7. The van der Waals surface area contributed by atoms with Crippen LogP contribution < -0.4 is 0 Å². The highest BCUT2D eigenvalue weighted by Crippen LogP contribution is 2.42. The van der Waals surface area contributed by atoms with Crippen LogP contribution in [-0.2, 0) is 6.42 Å². The smallest absolute Gasteiger partial charge is 0.335 e. The van der Waals surface area contributed by atoms with Crippen molar-refractivity contribution in [2.24, 2.45) is 0 Å². The normalized spacial score (nSPS) is 15.2. The number of benzene rings is 3. The molecule has 1 aliphatic carbocycles. The number of allylic oxidation sites excluding steroid dienone is 1. The highest BCUT2D eigenvalue weighted by Gasteiger charge is 2.26. The molecule has 0 bridgehead atoms. The summed E-state index contributed by atoms with van der Waals surface area (Å²) in [6.45, 7) is 3.36. The van der Waals surface area contributed by atoms with Gasteiger partial charge in [-0.1, -0.05) is 24.3 Å². The van der Waals surface area contributed by atoms with Crippen LogP contribution in [0.3, 0.4) is 0 Å². The fourth-order valence-corrected chi connectivity index (χ4v) is 5.60. The van der Waals surface area contributed by atoms with E-state index in [9.17, 15) is 18.7 Å². The Morgan fingerprint density at radius 1 is 0.975 bits per heavy atom. The third kappa shape index (κ3) is 5.86. The lowest BCUT2D eigenvalue weighted by molar-refractivity contribution is 0.0696. The van der Waals surface area contributed by atoms with Gasteiger partial charge in [-0.3, -0.25) is 9.29 Å². The molecule has 1 fully saturated rings. The summed E-state index contributed by atoms with van der Waals surface area (Å²) in [6.07, 6.45) is 3.95. The Labute approximate surface area is 237 Å². The van der Waals surface area contributed by atoms with Gasteiger partial charge in [0.25, 0.3) is 0 Å². The summed E-state index contributed by atoms with van der Waals surface area (Å²) in [7, 11) is 0. The number of likely N-dealkylation sites (tertiary alicyclic amines) is 1. The summed E-state index contributed by atoms with van der Waals surface area (Å²) in [5.41, 5.74) is 5.64. The van der Waals surface area contributed by atoms with Crippen molar-refractivity contribution in [3.8, 4) is 0 Å². The number of carboxylic acid groups (broad SMARTS) is 1. The first kappa shape index (κ1) is 29.6. The summed E-state index contributed by atoms with van der Waals surface area (Å²) < 4.78 is 57.1. The van der Waals surface area contributed by atoms with Gasteiger partial charge in [-0.15, -0.1) is 12.4 Å². The molecule has 0 amide bonds. The van der Waals surface area contributed by atoms with Crippen molar-refractivity contribution < 1.29 is 27.5 Å². The molecule has 210 valence electrons. The first-order chi connectivity index (χ1) is 18.8. The van der Waals surface area contributed by atoms with E-state index in [1.54, 1.807) is 25.1 Å². The quantitative estimate of drug-likeness (QED) is 0.293. The van der Waals surface area contributed by atoms with Crippen LogP contribution >= 0.6 is 12.4 Å². The molecule has 1 aliphatic heterocycles. The van der Waals surface area contributed by atoms with Crippen molar-refractivity contribution in [3.63, 3.8) is 0 Å². The lowest BCUT2D eigenvalue weighted by Crippen LogP contribution is -2.40. The first-order valence-electron chi connectivity index (χ1n) is 13.1. The molecular formula is C32H30ClF4NO2. The SMILES string of the molecule is Cc1c(C2=C(c3ccc(F)cc3F)CCCc3cc(C(=O)O)ccc32)ccc(C=C2CN(CCCF)C2)c1F.Cl. The summed E-state index contributed by atoms with van der Waals surface area (Å²) in [4.78, 5) is 13.7. The zero-order valence-electron chi connectivity index (χ0n) is 22.1. The Bertz CT molecular complexity index is 1510. The van der Waals surface area contributed by atoms with E-state index < -0.39 is 17.6 Å². The van der Waals surface area contributed by atoms with Crippen molar-refractivity contribution >= 4 is 35.6 Å². The maximum atomic E-state index is 15.8. The molecule has 8 heteroatoms. The molecule has 0 atom stereocenters. The Balaban J connectivity index is 0.00000370. The summed E-state index contributed by atoms with van der Waals surface area (Å²) in [5.74, 6) is -2.81. The molecule has 3 nitrogen and oxygen atoms in total. The van der Waals surface area contributed by atoms with Crippen LogP contribution in [0.5, 0.6) is 0 Å². The molecule has 2 aliphatic rings. The number of fused-ring (bicyclic) bond motifs is 1. The van der Waals surface area contributed by atoms with Crippen molar-refractivity contribution in [2.45, 2.75) is 32.6 Å². The summed E-state index contributed by atoms with van der Waals surface area (Å²) >= 11 is 0. The maximum Gasteiger partial charge on any atom is 0.335 e. The molecule has 1 saturated heterocycles. The number of hydrogen-bond acceptors (Lipinski definition) is 2. The van der Waals surface area contributed by atoms with Crippen molar-refractivity contribution in [1.29, 1.82) is 0 Å². The van der Waals surface area contributed by atoms with E-state index in [0.717, 1.165) is 17.2 Å². The molecule has 0 aromatic heterocycles. The van der Waals surface area contributed by atoms with Crippen LogP contribution in [0.25, 0.3) is 17.2 Å². The van der Waals surface area contributed by atoms with Gasteiger partial charge in [0, 0.05) is 36.8 Å². The Morgan fingerprint density at radius 3 is 2.40 bits per heavy atom. The fourth-order valence-electron chi connectivity index (χ4n) is 5.60. The third-order valence-corrected chi connectivity index (χ3v) is 7.56. The van der Waals surface area contributed by atoms with Crippen molar-refractivity contribution in [2.75, 3.05) is 26.3 Å². The second-order valence-corrected chi connectivity index (χ2v) is 10.2. The van der Waals surface area contributed by atoms with Crippen molar-refractivity contribution in [3.05, 3.63) is 110 Å². The van der Waals surface area contributed by atoms with E-state index in [4.69, 9.17) is 0 Å². The number of carbonyl (C=O) groups is 1. The lowest BCUT2D eigenvalue weighted by Gasteiger charge is -2.34. The van der Waals surface area contributed by atoms with Crippen LogP contribution in [0, 0.1) is 24.4 Å². The molecule has 1 N–H and O–H groups in total. The van der Waals surface area contributed by atoms with Crippen LogP contribution in [0.1, 0.15) is 63.0 Å². The largest absolute Gasteiger partial charge is 0.478 e. The van der Waals surface area contributed by atoms with Gasteiger partial charge < -0.3 is 5.11 Å². The number of carboxylic acids is 1. The van der Waals surface area contributed by atoms with Gasteiger partial charge in [-0.05, 0) is 95.8 Å². The van der Waals surface area contributed by atoms with E-state index in [-0.39, 0.29) is 36.0 Å². The average molecular weight is 572 g/mol. The van der Waals surface area contributed by atoms with Gasteiger partial charge in [0.2, 0.25) is 0 Å². The van der Waals surface area contributed by atoms with Crippen LogP contribution in [0.4, 0.5) is 17.6 Å². The molecule has 5 rings (SSSR count). The Morgan fingerprint density at radius 2 is 1.70 bits per heavy atom. The molecule has 0 unspecified atom stereocenters. The Hall–Kier alpha value is -3.42. The number of hydrogen-bond donors (Lipinski definition) is 1. The second kappa shape index (κ2) is 12.4. The zero-order valence-corrected chi connectivity index (χ0v) is 22.9. The molecule has 3 aromatic rings. The molecule has 1 heterocycles. The van der Waals surface area contributed by atoms with Gasteiger partial charge in [0.05, 0.1) is 12.2 Å². The van der Waals surface area contributed by atoms with E-state index in [0.29, 0.717) is 78.7 Å². The molecular weight excluding hydrogens is 542 g/mol. The van der Waals surface area contributed by atoms with Crippen LogP contribution in [0.15, 0.2) is 54.1 Å². The van der Waals surface area contributed by atoms with Gasteiger partial charge in [0.15, 0.2) is 0 Å². The minimum absolute atomic E-state index is 0. The monoisotopic (exact) mass is 571 g/mol. The predicted octanol–water partition coefficient (Wildman–Crippen LogP) is 7.89. The van der Waals surface area contributed by atoms with Crippen LogP contribution in [-0.4, -0.2) is 42.3 Å². The van der Waals surface area contributed by atoms with Gasteiger partial charge in [-0.2, -0.15) is 0 Å². The van der Waals surface area contributed by atoms with E-state index >= 15 is 8.78 Å². The van der Waals surface area contributed by atoms with Gasteiger partial charge in [0.1, 0.15) is 17.5 Å². The van der Waals surface area contributed by atoms with Crippen LogP contribution in [0.2, 0.25) is 0 Å². The minimum Gasteiger partial charge on any atom is -0.478 e. The molecule has 40 heavy (non-hydrogen) atoms. The topological polar surface area (TPSA) is 40.5 Å². The minimum atomic E-state index is -1.05. The summed E-state index contributed by atoms with van der Waals surface area (Å²) in [5, 5.41) is 9.53. The van der Waals surface area contributed by atoms with E-state index in [2.05, 4.69) is 4.90 Å². The Kier molecular flexibility index (Phi) is 9.16. The van der Waals surface area contributed by atoms with E-state index in [1.165, 1.54) is 18.2 Å². The standard InChI is InChI=1S/C32H29F4NO2.ClH/c1-19-25(9-6-22(31(19)36)14-20-17-37(18-20)13-3-12-33)30-26-10-7-23(32(38)39)15-21(26)4-2-5-28(30)27-11-8-24(34)16-29(27)35;/h6-11,14-16H,2-5,12-13,17-18H2,1H3,(H,38,39);1H. The number of aryl methyl sites for hydroxylation is 1. The first-order valence-corrected chi connectivity index (χ1v) is 13.1. The number of nitrogens with zero attached hydrogens (tertiary/aromatic N) is 1. The van der Waals surface area contributed by atoms with Gasteiger partial charge >= 0.3 is 5.97 Å². The maximum absolute atomic E-state index is 15.8. The average Bonchev–Trinajstić information content (AvgIpc) is 3.07. The summed E-state index contributed by atoms with van der Waals surface area (Å²) in [6, 6.07) is 11.8. The predicted molar refractivity (Wildman–Crippen MR) is 152 cm³/mol. The van der Waals surface area contributed by atoms with E-state index in [1.807, 2.05) is 12.1 Å². The highest BCUT2D eigenvalue weighted by molar-refractivity contribution is 6.01. The van der Waals surface area contributed by atoms with Gasteiger partial charge in [-0.25, -0.2) is 18.0 Å². The lowest BCUT2D eigenvalue weighted by atomic mass is 9.84. The number of halogens is 5. The van der Waals surface area contributed by atoms with Crippen molar-refractivity contribution in [1.82, 2.24) is 4.90 Å². The molecule has 0 radical (unpaired) electrons. The number of aromatic carboxylic acids is 1. The molecule has 3 aromatic carbocycles. The molecule has 0 spiro atoms. The molecule has 0 saturated carbocycles. The fraction of sp³-hybridized carbons (Fsp3) is 0.281.